The Morgan fingerprint density at radius 3 is 2.05 bits per heavy atom. The van der Waals surface area contributed by atoms with E-state index in [2.05, 4.69) is 4.90 Å². The molecule has 0 bridgehead atoms. The highest BCUT2D eigenvalue weighted by atomic mass is 19.2. The van der Waals surface area contributed by atoms with Crippen LogP contribution in [0, 0.1) is 17.5 Å². The summed E-state index contributed by atoms with van der Waals surface area (Å²) < 4.78 is 40.0. The van der Waals surface area contributed by atoms with Gasteiger partial charge in [-0.1, -0.05) is 12.1 Å². The van der Waals surface area contributed by atoms with Crippen molar-refractivity contribution in [2.75, 3.05) is 18.0 Å². The number of benzene rings is 2. The van der Waals surface area contributed by atoms with Gasteiger partial charge in [-0.2, -0.15) is 0 Å². The van der Waals surface area contributed by atoms with Gasteiger partial charge in [0.25, 0.3) is 0 Å². The number of rotatable bonds is 2. The fraction of sp³-hybridized carbons (Fsp3) is 0.294. The Bertz CT molecular complexity index is 631. The quantitative estimate of drug-likeness (QED) is 0.721. The summed E-state index contributed by atoms with van der Waals surface area (Å²) in [5.41, 5.74) is 1.72. The molecule has 110 valence electrons. The minimum absolute atomic E-state index is 0.0825. The van der Waals surface area contributed by atoms with Crippen LogP contribution in [0.15, 0.2) is 36.4 Å². The van der Waals surface area contributed by atoms with Gasteiger partial charge < -0.3 is 4.90 Å². The number of nitrogens with zero attached hydrogens (tertiary/aromatic N) is 1. The first kappa shape index (κ1) is 14.0. The summed E-state index contributed by atoms with van der Waals surface area (Å²) in [6.07, 6.45) is 3.62. The lowest BCUT2D eigenvalue weighted by molar-refractivity contribution is 0.449. The number of hydrogen-bond donors (Lipinski definition) is 0. The van der Waals surface area contributed by atoms with E-state index in [9.17, 15) is 13.2 Å². The van der Waals surface area contributed by atoms with Gasteiger partial charge in [-0.3, -0.25) is 0 Å². The molecule has 0 aliphatic carbocycles. The molecule has 1 heterocycles. The molecule has 0 amide bonds. The summed E-state index contributed by atoms with van der Waals surface area (Å²) >= 11 is 0. The summed E-state index contributed by atoms with van der Waals surface area (Å²) in [6, 6.07) is 9.53. The Morgan fingerprint density at radius 1 is 0.714 bits per heavy atom. The first-order valence-electron chi connectivity index (χ1n) is 7.16. The predicted molar refractivity (Wildman–Crippen MR) is 77.8 cm³/mol. The molecule has 0 atom stereocenters. The maximum Gasteiger partial charge on any atom is 0.195 e. The molecule has 1 fully saturated rings. The third-order valence-corrected chi connectivity index (χ3v) is 3.93. The second kappa shape index (κ2) is 5.80. The molecule has 2 aromatic rings. The number of hydrogen-bond acceptors (Lipinski definition) is 1. The molecule has 1 nitrogen and oxygen atoms in total. The van der Waals surface area contributed by atoms with Crippen LogP contribution < -0.4 is 4.90 Å². The minimum Gasteiger partial charge on any atom is -0.372 e. The Kier molecular flexibility index (Phi) is 3.86. The Balaban J connectivity index is 1.89. The van der Waals surface area contributed by atoms with Crippen LogP contribution in [0.3, 0.4) is 0 Å². The molecule has 0 N–H and O–H groups in total. The molecule has 21 heavy (non-hydrogen) atoms. The number of anilines is 1. The van der Waals surface area contributed by atoms with Crippen molar-refractivity contribution in [1.29, 1.82) is 0 Å². The summed E-state index contributed by atoms with van der Waals surface area (Å²) in [5, 5.41) is 0. The lowest BCUT2D eigenvalue weighted by Gasteiger charge is -2.28. The zero-order valence-electron chi connectivity index (χ0n) is 11.6. The molecule has 2 aromatic carbocycles. The molecule has 1 aliphatic heterocycles. The van der Waals surface area contributed by atoms with Crippen LogP contribution in [0.25, 0.3) is 11.1 Å². The summed E-state index contributed by atoms with van der Waals surface area (Å²) in [7, 11) is 0. The summed E-state index contributed by atoms with van der Waals surface area (Å²) in [4.78, 5) is 2.29. The van der Waals surface area contributed by atoms with Gasteiger partial charge >= 0.3 is 0 Å². The molecular formula is C17H16F3N. The summed E-state index contributed by atoms with van der Waals surface area (Å²) in [6.45, 7) is 2.05. The normalized spacial score (nSPS) is 15.3. The monoisotopic (exact) mass is 291 g/mol. The Hall–Kier alpha value is -1.97. The van der Waals surface area contributed by atoms with E-state index >= 15 is 0 Å². The van der Waals surface area contributed by atoms with E-state index in [1.54, 1.807) is 12.1 Å². The van der Waals surface area contributed by atoms with Gasteiger partial charge in [0.05, 0.1) is 0 Å². The van der Waals surface area contributed by atoms with Crippen LogP contribution in [0.4, 0.5) is 18.9 Å². The average molecular weight is 291 g/mol. The zero-order chi connectivity index (χ0) is 14.8. The van der Waals surface area contributed by atoms with E-state index < -0.39 is 17.5 Å². The highest BCUT2D eigenvalue weighted by Crippen LogP contribution is 2.28. The van der Waals surface area contributed by atoms with Crippen LogP contribution in [0.2, 0.25) is 0 Å². The molecule has 1 saturated heterocycles. The molecule has 1 aliphatic rings. The second-order valence-electron chi connectivity index (χ2n) is 5.32. The topological polar surface area (TPSA) is 3.24 Å². The van der Waals surface area contributed by atoms with Crippen molar-refractivity contribution in [2.45, 2.75) is 19.3 Å². The van der Waals surface area contributed by atoms with Crippen molar-refractivity contribution in [1.82, 2.24) is 0 Å². The number of halogens is 3. The molecule has 0 saturated carbocycles. The number of piperidine rings is 1. The standard InChI is InChI=1S/C17H16F3N/c18-15-9-8-14(16(19)17(15)20)12-4-6-13(7-5-12)21-10-2-1-3-11-21/h4-9H,1-3,10-11H2. The van der Waals surface area contributed by atoms with E-state index in [1.807, 2.05) is 12.1 Å². The molecule has 0 aromatic heterocycles. The third kappa shape index (κ3) is 2.75. The predicted octanol–water partition coefficient (Wildman–Crippen LogP) is 4.76. The Morgan fingerprint density at radius 2 is 1.38 bits per heavy atom. The minimum atomic E-state index is -1.42. The van der Waals surface area contributed by atoms with Gasteiger partial charge in [0, 0.05) is 24.3 Å². The first-order valence-corrected chi connectivity index (χ1v) is 7.16. The lowest BCUT2D eigenvalue weighted by Crippen LogP contribution is -2.29. The van der Waals surface area contributed by atoms with Crippen molar-refractivity contribution in [3.05, 3.63) is 53.8 Å². The van der Waals surface area contributed by atoms with Crippen LogP contribution in [0.5, 0.6) is 0 Å². The maximum atomic E-state index is 13.8. The smallest absolute Gasteiger partial charge is 0.195 e. The molecule has 0 radical (unpaired) electrons. The Labute approximate surface area is 122 Å². The van der Waals surface area contributed by atoms with E-state index in [4.69, 9.17) is 0 Å². The van der Waals surface area contributed by atoms with Gasteiger partial charge in [0.15, 0.2) is 17.5 Å². The first-order chi connectivity index (χ1) is 10.2. The highest BCUT2D eigenvalue weighted by molar-refractivity contribution is 5.67. The molecule has 3 rings (SSSR count). The van der Waals surface area contributed by atoms with Crippen LogP contribution in [0.1, 0.15) is 19.3 Å². The van der Waals surface area contributed by atoms with E-state index in [0.29, 0.717) is 5.56 Å². The largest absolute Gasteiger partial charge is 0.372 e. The van der Waals surface area contributed by atoms with Crippen molar-refractivity contribution >= 4 is 5.69 Å². The molecule has 0 spiro atoms. The van der Waals surface area contributed by atoms with Crippen molar-refractivity contribution < 1.29 is 13.2 Å². The molecular weight excluding hydrogens is 275 g/mol. The van der Waals surface area contributed by atoms with Crippen LogP contribution in [-0.4, -0.2) is 13.1 Å². The van der Waals surface area contributed by atoms with Gasteiger partial charge in [0.1, 0.15) is 0 Å². The van der Waals surface area contributed by atoms with E-state index in [-0.39, 0.29) is 5.56 Å². The SMILES string of the molecule is Fc1ccc(-c2ccc(N3CCCCC3)cc2)c(F)c1F. The van der Waals surface area contributed by atoms with Crippen LogP contribution in [-0.2, 0) is 0 Å². The summed E-state index contributed by atoms with van der Waals surface area (Å²) in [5.74, 6) is -3.73. The molecule has 0 unspecified atom stereocenters. The zero-order valence-corrected chi connectivity index (χ0v) is 11.6. The van der Waals surface area contributed by atoms with E-state index in [0.717, 1.165) is 24.8 Å². The van der Waals surface area contributed by atoms with Crippen LogP contribution >= 0.6 is 0 Å². The molecule has 4 heteroatoms. The fourth-order valence-electron chi connectivity index (χ4n) is 2.75. The van der Waals surface area contributed by atoms with E-state index in [1.165, 1.54) is 25.3 Å². The van der Waals surface area contributed by atoms with Gasteiger partial charge in [-0.25, -0.2) is 13.2 Å². The third-order valence-electron chi connectivity index (χ3n) is 3.93. The van der Waals surface area contributed by atoms with Gasteiger partial charge in [-0.05, 0) is 49.1 Å². The maximum absolute atomic E-state index is 13.8. The highest BCUT2D eigenvalue weighted by Gasteiger charge is 2.15. The van der Waals surface area contributed by atoms with Crippen molar-refractivity contribution in [3.63, 3.8) is 0 Å². The fourth-order valence-corrected chi connectivity index (χ4v) is 2.75. The van der Waals surface area contributed by atoms with Crippen molar-refractivity contribution in [2.24, 2.45) is 0 Å². The van der Waals surface area contributed by atoms with Gasteiger partial charge in [-0.15, -0.1) is 0 Å². The van der Waals surface area contributed by atoms with Crippen molar-refractivity contribution in [3.8, 4) is 11.1 Å². The van der Waals surface area contributed by atoms with Gasteiger partial charge in [0.2, 0.25) is 0 Å². The second-order valence-corrected chi connectivity index (χ2v) is 5.32. The lowest BCUT2D eigenvalue weighted by atomic mass is 10.0. The average Bonchev–Trinajstić information content (AvgIpc) is 2.54.